The molecule has 0 aliphatic carbocycles. The highest BCUT2D eigenvalue weighted by Crippen LogP contribution is 2.08. The summed E-state index contributed by atoms with van der Waals surface area (Å²) in [6.45, 7) is 4.40. The normalized spacial score (nSPS) is 14.7. The topological polar surface area (TPSA) is 58.3 Å². The molecule has 0 spiro atoms. The molecule has 0 fully saturated rings. The quantitative estimate of drug-likeness (QED) is 0.640. The van der Waals surface area contributed by atoms with Crippen molar-refractivity contribution in [2.75, 3.05) is 12.3 Å². The molecule has 0 aliphatic heterocycles. The van der Waals surface area contributed by atoms with E-state index in [2.05, 4.69) is 19.2 Å². The van der Waals surface area contributed by atoms with Crippen molar-refractivity contribution in [2.45, 2.75) is 38.8 Å². The van der Waals surface area contributed by atoms with Crippen LogP contribution in [0.5, 0.6) is 0 Å². The van der Waals surface area contributed by atoms with Gasteiger partial charge in [-0.1, -0.05) is 19.1 Å². The van der Waals surface area contributed by atoms with Gasteiger partial charge in [-0.3, -0.25) is 0 Å². The summed E-state index contributed by atoms with van der Waals surface area (Å²) in [7, 11) is 0. The number of nitrogen functional groups attached to an aromatic ring is 1. The number of hydrogen-bond donors (Lipinski definition) is 3. The number of anilines is 1. The predicted octanol–water partition coefficient (Wildman–Crippen LogP) is 1.56. The first-order chi connectivity index (χ1) is 7.65. The highest BCUT2D eigenvalue weighted by atomic mass is 16.3. The van der Waals surface area contributed by atoms with E-state index in [9.17, 15) is 0 Å². The highest BCUT2D eigenvalue weighted by molar-refractivity contribution is 5.39. The molecule has 4 N–H and O–H groups in total. The van der Waals surface area contributed by atoms with Crippen LogP contribution in [0.4, 0.5) is 5.69 Å². The highest BCUT2D eigenvalue weighted by Gasteiger charge is 2.09. The van der Waals surface area contributed by atoms with Crippen LogP contribution in [0, 0.1) is 0 Å². The molecular weight excluding hydrogens is 200 g/mol. The summed E-state index contributed by atoms with van der Waals surface area (Å²) in [5.41, 5.74) is 7.70. The molecule has 1 rings (SSSR count). The molecule has 2 atom stereocenters. The predicted molar refractivity (Wildman–Crippen MR) is 68.3 cm³/mol. The Morgan fingerprint density at radius 3 is 2.44 bits per heavy atom. The Bertz CT molecular complexity index is 293. The molecule has 0 aliphatic rings. The van der Waals surface area contributed by atoms with Crippen LogP contribution in [0.3, 0.4) is 0 Å². The van der Waals surface area contributed by atoms with E-state index in [1.807, 2.05) is 24.3 Å². The fourth-order valence-electron chi connectivity index (χ4n) is 1.77. The molecule has 0 saturated heterocycles. The van der Waals surface area contributed by atoms with Gasteiger partial charge in [-0.15, -0.1) is 0 Å². The van der Waals surface area contributed by atoms with E-state index in [-0.39, 0.29) is 12.6 Å². The van der Waals surface area contributed by atoms with Gasteiger partial charge in [0.05, 0.1) is 6.61 Å². The van der Waals surface area contributed by atoms with Crippen LogP contribution in [0.2, 0.25) is 0 Å². The maximum Gasteiger partial charge on any atom is 0.0584 e. The van der Waals surface area contributed by atoms with Crippen molar-refractivity contribution in [1.82, 2.24) is 5.32 Å². The van der Waals surface area contributed by atoms with Crippen molar-refractivity contribution in [1.29, 1.82) is 0 Å². The van der Waals surface area contributed by atoms with Crippen LogP contribution >= 0.6 is 0 Å². The SMILES string of the molecule is CCC(CO)NC(C)Cc1ccc(N)cc1. The molecule has 1 aromatic carbocycles. The van der Waals surface area contributed by atoms with Crippen LogP contribution in [-0.2, 0) is 6.42 Å². The van der Waals surface area contributed by atoms with Crippen molar-refractivity contribution in [3.8, 4) is 0 Å². The van der Waals surface area contributed by atoms with Gasteiger partial charge in [-0.05, 0) is 37.5 Å². The number of nitrogens with one attached hydrogen (secondary N) is 1. The number of rotatable bonds is 6. The van der Waals surface area contributed by atoms with Crippen LogP contribution in [0.15, 0.2) is 24.3 Å². The molecule has 1 aromatic rings. The summed E-state index contributed by atoms with van der Waals surface area (Å²) in [4.78, 5) is 0. The third kappa shape index (κ3) is 4.21. The van der Waals surface area contributed by atoms with Gasteiger partial charge in [0.1, 0.15) is 0 Å². The Morgan fingerprint density at radius 1 is 1.31 bits per heavy atom. The van der Waals surface area contributed by atoms with Crippen LogP contribution in [0.25, 0.3) is 0 Å². The summed E-state index contributed by atoms with van der Waals surface area (Å²) < 4.78 is 0. The summed E-state index contributed by atoms with van der Waals surface area (Å²) in [6.07, 6.45) is 1.90. The van der Waals surface area contributed by atoms with Gasteiger partial charge in [0.15, 0.2) is 0 Å². The molecule has 0 saturated carbocycles. The van der Waals surface area contributed by atoms with E-state index in [1.165, 1.54) is 5.56 Å². The first kappa shape index (κ1) is 13.0. The average molecular weight is 222 g/mol. The van der Waals surface area contributed by atoms with E-state index < -0.39 is 0 Å². The number of nitrogens with two attached hydrogens (primary N) is 1. The molecule has 0 aromatic heterocycles. The Hall–Kier alpha value is -1.06. The fourth-order valence-corrected chi connectivity index (χ4v) is 1.77. The first-order valence-electron chi connectivity index (χ1n) is 5.87. The van der Waals surface area contributed by atoms with Crippen LogP contribution in [0.1, 0.15) is 25.8 Å². The lowest BCUT2D eigenvalue weighted by Crippen LogP contribution is -2.39. The Balaban J connectivity index is 2.44. The third-order valence-corrected chi connectivity index (χ3v) is 2.76. The standard InChI is InChI=1S/C13H22N2O/c1-3-13(9-16)15-10(2)8-11-4-6-12(14)7-5-11/h4-7,10,13,15-16H,3,8-9,14H2,1-2H3. The minimum Gasteiger partial charge on any atom is -0.399 e. The zero-order valence-corrected chi connectivity index (χ0v) is 10.1. The molecule has 3 nitrogen and oxygen atoms in total. The van der Waals surface area contributed by atoms with E-state index in [1.54, 1.807) is 0 Å². The van der Waals surface area contributed by atoms with Crippen molar-refractivity contribution in [3.63, 3.8) is 0 Å². The van der Waals surface area contributed by atoms with Crippen molar-refractivity contribution in [3.05, 3.63) is 29.8 Å². The van der Waals surface area contributed by atoms with Gasteiger partial charge in [-0.25, -0.2) is 0 Å². The second kappa shape index (κ2) is 6.51. The second-order valence-electron chi connectivity index (χ2n) is 4.30. The van der Waals surface area contributed by atoms with Crippen LogP contribution < -0.4 is 11.1 Å². The van der Waals surface area contributed by atoms with Crippen molar-refractivity contribution in [2.24, 2.45) is 0 Å². The number of benzene rings is 1. The maximum absolute atomic E-state index is 9.10. The third-order valence-electron chi connectivity index (χ3n) is 2.76. The van der Waals surface area contributed by atoms with E-state index in [0.29, 0.717) is 6.04 Å². The molecule has 0 bridgehead atoms. The zero-order valence-electron chi connectivity index (χ0n) is 10.1. The largest absolute Gasteiger partial charge is 0.399 e. The zero-order chi connectivity index (χ0) is 12.0. The molecule has 16 heavy (non-hydrogen) atoms. The minimum atomic E-state index is 0.197. The van der Waals surface area contributed by atoms with Gasteiger partial charge in [0.25, 0.3) is 0 Å². The average Bonchev–Trinajstić information content (AvgIpc) is 2.29. The summed E-state index contributed by atoms with van der Waals surface area (Å²) >= 11 is 0. The molecule has 0 amide bonds. The molecule has 3 heteroatoms. The lowest BCUT2D eigenvalue weighted by atomic mass is 10.1. The maximum atomic E-state index is 9.10. The monoisotopic (exact) mass is 222 g/mol. The number of aliphatic hydroxyl groups excluding tert-OH is 1. The molecule has 0 heterocycles. The molecular formula is C13H22N2O. The summed E-state index contributed by atoms with van der Waals surface area (Å²) in [6, 6.07) is 8.50. The van der Waals surface area contributed by atoms with Gasteiger partial charge in [-0.2, -0.15) is 0 Å². The minimum absolute atomic E-state index is 0.197. The van der Waals surface area contributed by atoms with Gasteiger partial charge >= 0.3 is 0 Å². The Morgan fingerprint density at radius 2 is 1.94 bits per heavy atom. The van der Waals surface area contributed by atoms with E-state index in [4.69, 9.17) is 10.8 Å². The van der Waals surface area contributed by atoms with Gasteiger partial charge in [0.2, 0.25) is 0 Å². The summed E-state index contributed by atoms with van der Waals surface area (Å²) in [5, 5.41) is 12.5. The second-order valence-corrected chi connectivity index (χ2v) is 4.30. The molecule has 0 radical (unpaired) electrons. The Kier molecular flexibility index (Phi) is 5.29. The number of hydrogen-bond acceptors (Lipinski definition) is 3. The van der Waals surface area contributed by atoms with E-state index >= 15 is 0 Å². The Labute approximate surface area is 97.7 Å². The lowest BCUT2D eigenvalue weighted by Gasteiger charge is -2.20. The fraction of sp³-hybridized carbons (Fsp3) is 0.538. The smallest absolute Gasteiger partial charge is 0.0584 e. The van der Waals surface area contributed by atoms with Gasteiger partial charge in [0, 0.05) is 17.8 Å². The van der Waals surface area contributed by atoms with Gasteiger partial charge < -0.3 is 16.2 Å². The van der Waals surface area contributed by atoms with Crippen molar-refractivity contribution < 1.29 is 5.11 Å². The number of aliphatic hydroxyl groups is 1. The van der Waals surface area contributed by atoms with Crippen molar-refractivity contribution >= 4 is 5.69 Å². The molecule has 90 valence electrons. The van der Waals surface area contributed by atoms with E-state index in [0.717, 1.165) is 18.5 Å². The summed E-state index contributed by atoms with van der Waals surface area (Å²) in [5.74, 6) is 0. The van der Waals surface area contributed by atoms with Crippen LogP contribution in [-0.4, -0.2) is 23.8 Å². The molecule has 2 unspecified atom stereocenters. The first-order valence-corrected chi connectivity index (χ1v) is 5.87. The lowest BCUT2D eigenvalue weighted by molar-refractivity contribution is 0.229.